The number of ether oxygens (including phenoxy) is 1. The molecule has 2 aromatic rings. The molecule has 1 saturated heterocycles. The highest BCUT2D eigenvalue weighted by Crippen LogP contribution is 2.26. The number of hydrogen-bond acceptors (Lipinski definition) is 4. The van der Waals surface area contributed by atoms with Gasteiger partial charge in [-0.3, -0.25) is 4.79 Å². The monoisotopic (exact) mass is 430 g/mol. The largest absolute Gasteiger partial charge is 0.374 e. The fraction of sp³-hybridized carbons (Fsp3) is 0.435. The fourth-order valence-corrected chi connectivity index (χ4v) is 5.27. The van der Waals surface area contributed by atoms with Crippen LogP contribution in [0.5, 0.6) is 0 Å². The van der Waals surface area contributed by atoms with Crippen LogP contribution in [-0.2, 0) is 19.6 Å². The number of nitrogens with one attached hydrogen (secondary N) is 1. The van der Waals surface area contributed by atoms with E-state index >= 15 is 0 Å². The first-order chi connectivity index (χ1) is 14.4. The van der Waals surface area contributed by atoms with Crippen LogP contribution in [0, 0.1) is 6.92 Å². The van der Waals surface area contributed by atoms with Crippen LogP contribution in [0.15, 0.2) is 59.5 Å². The summed E-state index contributed by atoms with van der Waals surface area (Å²) in [5.74, 6) is -0.237. The Morgan fingerprint density at radius 1 is 1.17 bits per heavy atom. The van der Waals surface area contributed by atoms with Crippen molar-refractivity contribution in [2.45, 2.75) is 50.2 Å². The van der Waals surface area contributed by atoms with Crippen molar-refractivity contribution in [3.8, 4) is 0 Å². The molecule has 1 N–H and O–H groups in total. The Balaban J connectivity index is 1.48. The second-order valence-electron chi connectivity index (χ2n) is 7.66. The second kappa shape index (κ2) is 10.2. The van der Waals surface area contributed by atoms with E-state index in [9.17, 15) is 13.2 Å². The Kier molecular flexibility index (Phi) is 7.64. The minimum Gasteiger partial charge on any atom is -0.374 e. The zero-order valence-electron chi connectivity index (χ0n) is 17.6. The van der Waals surface area contributed by atoms with Crippen LogP contribution >= 0.6 is 0 Å². The number of carbonyl (C=O) groups is 1. The van der Waals surface area contributed by atoms with Gasteiger partial charge >= 0.3 is 0 Å². The Bertz CT molecular complexity index is 929. The zero-order valence-corrected chi connectivity index (χ0v) is 18.4. The van der Waals surface area contributed by atoms with Crippen molar-refractivity contribution in [2.24, 2.45) is 0 Å². The first-order valence-electron chi connectivity index (χ1n) is 10.4. The third kappa shape index (κ3) is 5.47. The Morgan fingerprint density at radius 3 is 2.57 bits per heavy atom. The number of benzene rings is 2. The number of rotatable bonds is 9. The average molecular weight is 431 g/mol. The smallest absolute Gasteiger partial charge is 0.243 e. The fourth-order valence-electron chi connectivity index (χ4n) is 3.62. The molecule has 0 aliphatic carbocycles. The molecule has 0 radical (unpaired) electrons. The zero-order chi connectivity index (χ0) is 21.6. The highest BCUT2D eigenvalue weighted by molar-refractivity contribution is 7.89. The van der Waals surface area contributed by atoms with E-state index in [4.69, 9.17) is 4.74 Å². The van der Waals surface area contributed by atoms with Crippen molar-refractivity contribution < 1.29 is 17.9 Å². The summed E-state index contributed by atoms with van der Waals surface area (Å²) in [6, 6.07) is 16.1. The van der Waals surface area contributed by atoms with Crippen molar-refractivity contribution in [1.82, 2.24) is 9.62 Å². The molecule has 2 aromatic carbocycles. The van der Waals surface area contributed by atoms with Gasteiger partial charge in [0.1, 0.15) is 6.04 Å². The summed E-state index contributed by atoms with van der Waals surface area (Å²) >= 11 is 0. The van der Waals surface area contributed by atoms with E-state index < -0.39 is 16.1 Å². The Labute approximate surface area is 179 Å². The SMILES string of the molecule is Cc1ccc(S(=O)(=O)N2CCC[C@H]2C(=O)NCCCOC(C)c2ccccc2)cc1. The molecule has 0 spiro atoms. The van der Waals surface area contributed by atoms with Crippen LogP contribution in [0.2, 0.25) is 0 Å². The quantitative estimate of drug-likeness (QED) is 0.619. The van der Waals surface area contributed by atoms with Crippen molar-refractivity contribution in [3.05, 3.63) is 65.7 Å². The molecule has 162 valence electrons. The van der Waals surface area contributed by atoms with Gasteiger partial charge in [-0.25, -0.2) is 8.42 Å². The second-order valence-corrected chi connectivity index (χ2v) is 9.55. The summed E-state index contributed by atoms with van der Waals surface area (Å²) in [5, 5.41) is 2.88. The molecule has 3 rings (SSSR count). The highest BCUT2D eigenvalue weighted by Gasteiger charge is 2.39. The first-order valence-corrected chi connectivity index (χ1v) is 11.9. The van der Waals surface area contributed by atoms with E-state index in [0.29, 0.717) is 39.0 Å². The molecular weight excluding hydrogens is 400 g/mol. The van der Waals surface area contributed by atoms with Gasteiger partial charge in [-0.05, 0) is 50.8 Å². The molecule has 6 nitrogen and oxygen atoms in total. The Morgan fingerprint density at radius 2 is 1.87 bits per heavy atom. The van der Waals surface area contributed by atoms with E-state index in [1.807, 2.05) is 44.2 Å². The number of nitrogens with zero attached hydrogens (tertiary/aromatic N) is 1. The van der Waals surface area contributed by atoms with Crippen LogP contribution in [0.4, 0.5) is 0 Å². The molecule has 2 atom stereocenters. The van der Waals surface area contributed by atoms with Gasteiger partial charge < -0.3 is 10.1 Å². The molecular formula is C23H30N2O4S. The van der Waals surface area contributed by atoms with E-state index in [1.54, 1.807) is 24.3 Å². The molecule has 7 heteroatoms. The maximum absolute atomic E-state index is 13.0. The molecule has 0 bridgehead atoms. The predicted octanol–water partition coefficient (Wildman–Crippen LogP) is 3.43. The number of carbonyl (C=O) groups excluding carboxylic acids is 1. The van der Waals surface area contributed by atoms with Crippen LogP contribution in [0.3, 0.4) is 0 Å². The predicted molar refractivity (Wildman–Crippen MR) is 117 cm³/mol. The summed E-state index contributed by atoms with van der Waals surface area (Å²) in [7, 11) is -3.68. The third-order valence-corrected chi connectivity index (χ3v) is 7.31. The third-order valence-electron chi connectivity index (χ3n) is 5.39. The molecule has 0 aromatic heterocycles. The van der Waals surface area contributed by atoms with Gasteiger partial charge in [0.15, 0.2) is 0 Å². The lowest BCUT2D eigenvalue weighted by Crippen LogP contribution is -2.46. The van der Waals surface area contributed by atoms with Gasteiger partial charge in [0.2, 0.25) is 15.9 Å². The molecule has 1 aliphatic heterocycles. The lowest BCUT2D eigenvalue weighted by atomic mass is 10.1. The molecule has 1 amide bonds. The standard InChI is InChI=1S/C23H30N2O4S/c1-18-11-13-21(14-12-18)30(27,28)25-16-6-10-22(25)23(26)24-15-7-17-29-19(2)20-8-4-3-5-9-20/h3-5,8-9,11-14,19,22H,6-7,10,15-17H2,1-2H3,(H,24,26)/t19?,22-/m0/s1. The number of hydrogen-bond donors (Lipinski definition) is 1. The van der Waals surface area contributed by atoms with E-state index in [1.165, 1.54) is 4.31 Å². The van der Waals surface area contributed by atoms with Crippen LogP contribution < -0.4 is 5.32 Å². The van der Waals surface area contributed by atoms with E-state index in [0.717, 1.165) is 11.1 Å². The lowest BCUT2D eigenvalue weighted by molar-refractivity contribution is -0.124. The van der Waals surface area contributed by atoms with Crippen LogP contribution in [0.1, 0.15) is 43.4 Å². The van der Waals surface area contributed by atoms with Gasteiger partial charge in [-0.1, -0.05) is 48.0 Å². The van der Waals surface area contributed by atoms with Crippen LogP contribution in [0.25, 0.3) is 0 Å². The van der Waals surface area contributed by atoms with Crippen molar-refractivity contribution in [1.29, 1.82) is 0 Å². The highest BCUT2D eigenvalue weighted by atomic mass is 32.2. The van der Waals surface area contributed by atoms with Crippen molar-refractivity contribution in [2.75, 3.05) is 19.7 Å². The molecule has 1 aliphatic rings. The number of amides is 1. The average Bonchev–Trinajstić information content (AvgIpc) is 3.25. The molecule has 30 heavy (non-hydrogen) atoms. The van der Waals surface area contributed by atoms with Gasteiger partial charge in [-0.15, -0.1) is 0 Å². The summed E-state index contributed by atoms with van der Waals surface area (Å²) in [6.07, 6.45) is 1.88. The van der Waals surface area contributed by atoms with E-state index in [-0.39, 0.29) is 16.9 Å². The van der Waals surface area contributed by atoms with Gasteiger partial charge in [0.25, 0.3) is 0 Å². The summed E-state index contributed by atoms with van der Waals surface area (Å²) in [4.78, 5) is 12.9. The van der Waals surface area contributed by atoms with E-state index in [2.05, 4.69) is 5.32 Å². The maximum Gasteiger partial charge on any atom is 0.243 e. The molecule has 1 heterocycles. The van der Waals surface area contributed by atoms with Gasteiger partial charge in [0, 0.05) is 19.7 Å². The maximum atomic E-state index is 13.0. The Hall–Kier alpha value is -2.22. The summed E-state index contributed by atoms with van der Waals surface area (Å²) in [6.45, 7) is 5.25. The molecule has 1 fully saturated rings. The van der Waals surface area contributed by atoms with Crippen molar-refractivity contribution >= 4 is 15.9 Å². The summed E-state index contributed by atoms with van der Waals surface area (Å²) in [5.41, 5.74) is 2.11. The summed E-state index contributed by atoms with van der Waals surface area (Å²) < 4.78 is 33.1. The lowest BCUT2D eigenvalue weighted by Gasteiger charge is -2.23. The number of sulfonamides is 1. The molecule has 1 unspecified atom stereocenters. The van der Waals surface area contributed by atoms with Crippen molar-refractivity contribution in [3.63, 3.8) is 0 Å². The normalized spacial score (nSPS) is 18.3. The van der Waals surface area contributed by atoms with Gasteiger partial charge in [-0.2, -0.15) is 4.31 Å². The first kappa shape index (κ1) is 22.5. The topological polar surface area (TPSA) is 75.7 Å². The van der Waals surface area contributed by atoms with Gasteiger partial charge in [0.05, 0.1) is 11.0 Å². The molecule has 0 saturated carbocycles. The minimum atomic E-state index is -3.68. The van der Waals surface area contributed by atoms with Crippen LogP contribution in [-0.4, -0.2) is 44.4 Å². The number of aryl methyl sites for hydroxylation is 1. The minimum absolute atomic E-state index is 0.00752.